The third kappa shape index (κ3) is 3.47. The largest absolute Gasteiger partial charge is 0.480 e. The third-order valence-corrected chi connectivity index (χ3v) is 3.58. The topological polar surface area (TPSA) is 66.8 Å². The summed E-state index contributed by atoms with van der Waals surface area (Å²) < 4.78 is 5.64. The summed E-state index contributed by atoms with van der Waals surface area (Å²) in [6, 6.07) is 5.19. The fourth-order valence-electron chi connectivity index (χ4n) is 2.31. The monoisotopic (exact) mass is 311 g/mol. The van der Waals surface area contributed by atoms with E-state index in [1.54, 1.807) is 39.0 Å². The average Bonchev–Trinajstić information content (AvgIpc) is 2.76. The molecule has 0 saturated heterocycles. The Kier molecular flexibility index (Phi) is 4.14. The van der Waals surface area contributed by atoms with Gasteiger partial charge in [-0.25, -0.2) is 0 Å². The Hall–Kier alpha value is -1.75. The van der Waals surface area contributed by atoms with Crippen molar-refractivity contribution in [2.75, 3.05) is 6.54 Å². The average molecular weight is 312 g/mol. The molecule has 1 unspecified atom stereocenters. The number of carboxylic acid groups (broad SMARTS) is 1. The van der Waals surface area contributed by atoms with Crippen molar-refractivity contribution in [1.29, 1.82) is 0 Å². The lowest BCUT2D eigenvalue weighted by atomic mass is 10.0. The van der Waals surface area contributed by atoms with Gasteiger partial charge >= 0.3 is 5.97 Å². The summed E-state index contributed by atoms with van der Waals surface area (Å²) in [6.07, 6.45) is -0.293. The molecule has 0 bridgehead atoms. The maximum absolute atomic E-state index is 12.6. The molecular weight excluding hydrogens is 294 g/mol. The smallest absolute Gasteiger partial charge is 0.323 e. The van der Waals surface area contributed by atoms with Crippen LogP contribution in [-0.2, 0) is 16.0 Å². The maximum atomic E-state index is 12.6. The summed E-state index contributed by atoms with van der Waals surface area (Å²) in [4.78, 5) is 24.9. The molecule has 0 fully saturated rings. The van der Waals surface area contributed by atoms with Gasteiger partial charge in [-0.2, -0.15) is 0 Å². The summed E-state index contributed by atoms with van der Waals surface area (Å²) in [5.41, 5.74) is 0.274. The van der Waals surface area contributed by atoms with Crippen LogP contribution in [0.5, 0.6) is 5.75 Å². The number of hydrogen-bond donors (Lipinski definition) is 1. The molecule has 0 aromatic heterocycles. The van der Waals surface area contributed by atoms with Crippen LogP contribution < -0.4 is 4.74 Å². The van der Waals surface area contributed by atoms with Gasteiger partial charge < -0.3 is 14.7 Å². The molecule has 2 rings (SSSR count). The van der Waals surface area contributed by atoms with E-state index in [1.807, 2.05) is 0 Å². The van der Waals surface area contributed by atoms with Gasteiger partial charge in [0.15, 0.2) is 6.10 Å². The fraction of sp³-hybridized carbons (Fsp3) is 0.467. The second kappa shape index (κ2) is 5.56. The summed E-state index contributed by atoms with van der Waals surface area (Å²) in [6.45, 7) is 5.05. The van der Waals surface area contributed by atoms with Crippen molar-refractivity contribution < 1.29 is 19.4 Å². The van der Waals surface area contributed by atoms with Crippen LogP contribution in [0.25, 0.3) is 0 Å². The highest BCUT2D eigenvalue weighted by Gasteiger charge is 2.37. The van der Waals surface area contributed by atoms with Gasteiger partial charge in [0.25, 0.3) is 5.91 Å². The normalized spacial score (nSPS) is 17.0. The number of carbonyl (C=O) groups excluding carboxylic acids is 1. The third-order valence-electron chi connectivity index (χ3n) is 3.34. The van der Waals surface area contributed by atoms with Crippen LogP contribution in [0.2, 0.25) is 5.02 Å². The van der Waals surface area contributed by atoms with Crippen LogP contribution in [0.3, 0.4) is 0 Å². The zero-order chi connectivity index (χ0) is 15.8. The van der Waals surface area contributed by atoms with Crippen molar-refractivity contribution in [3.05, 3.63) is 28.8 Å². The molecule has 1 aromatic carbocycles. The van der Waals surface area contributed by atoms with Gasteiger partial charge in [0.2, 0.25) is 0 Å². The number of aliphatic carboxylic acids is 1. The molecule has 1 aromatic rings. The minimum Gasteiger partial charge on any atom is -0.480 e. The van der Waals surface area contributed by atoms with Crippen LogP contribution in [-0.4, -0.2) is 40.1 Å². The predicted molar refractivity (Wildman–Crippen MR) is 78.7 cm³/mol. The number of rotatable bonds is 3. The van der Waals surface area contributed by atoms with E-state index in [1.165, 1.54) is 4.90 Å². The molecule has 114 valence electrons. The second-order valence-electron chi connectivity index (χ2n) is 6.05. The number of amides is 1. The van der Waals surface area contributed by atoms with Crippen molar-refractivity contribution in [2.24, 2.45) is 0 Å². The lowest BCUT2D eigenvalue weighted by molar-refractivity contribution is -0.151. The first-order chi connectivity index (χ1) is 9.68. The van der Waals surface area contributed by atoms with E-state index in [-0.39, 0.29) is 12.5 Å². The van der Waals surface area contributed by atoms with Crippen molar-refractivity contribution in [1.82, 2.24) is 4.90 Å². The molecular formula is C15H18ClNO4. The van der Waals surface area contributed by atoms with Crippen molar-refractivity contribution in [3.8, 4) is 5.75 Å². The van der Waals surface area contributed by atoms with Gasteiger partial charge in [-0.15, -0.1) is 0 Å². The Morgan fingerprint density at radius 1 is 1.43 bits per heavy atom. The molecule has 1 atom stereocenters. The van der Waals surface area contributed by atoms with Crippen LogP contribution >= 0.6 is 11.6 Å². The molecule has 1 N–H and O–H groups in total. The molecule has 6 heteroatoms. The van der Waals surface area contributed by atoms with Gasteiger partial charge in [0.1, 0.15) is 12.3 Å². The summed E-state index contributed by atoms with van der Waals surface area (Å²) in [5.74, 6) is -0.740. The zero-order valence-corrected chi connectivity index (χ0v) is 13.0. The number of halogens is 1. The predicted octanol–water partition coefficient (Wildman–Crippen LogP) is 2.36. The van der Waals surface area contributed by atoms with Gasteiger partial charge in [-0.05, 0) is 44.5 Å². The van der Waals surface area contributed by atoms with Gasteiger partial charge in [0, 0.05) is 17.0 Å². The summed E-state index contributed by atoms with van der Waals surface area (Å²) in [7, 11) is 0. The Balaban J connectivity index is 2.18. The second-order valence-corrected chi connectivity index (χ2v) is 6.49. The summed E-state index contributed by atoms with van der Waals surface area (Å²) in [5, 5.41) is 9.58. The number of nitrogens with zero attached hydrogens (tertiary/aromatic N) is 1. The highest BCUT2D eigenvalue weighted by Crippen LogP contribution is 2.32. The Morgan fingerprint density at radius 3 is 2.67 bits per heavy atom. The first-order valence-corrected chi connectivity index (χ1v) is 7.04. The van der Waals surface area contributed by atoms with E-state index >= 15 is 0 Å². The van der Waals surface area contributed by atoms with Crippen LogP contribution in [0, 0.1) is 0 Å². The molecule has 1 heterocycles. The molecule has 0 radical (unpaired) electrons. The van der Waals surface area contributed by atoms with Crippen molar-refractivity contribution in [3.63, 3.8) is 0 Å². The van der Waals surface area contributed by atoms with E-state index in [0.29, 0.717) is 17.2 Å². The van der Waals surface area contributed by atoms with Crippen molar-refractivity contribution in [2.45, 2.75) is 38.8 Å². The molecule has 1 aliphatic heterocycles. The van der Waals surface area contributed by atoms with E-state index in [2.05, 4.69) is 0 Å². The van der Waals surface area contributed by atoms with Gasteiger partial charge in [0.05, 0.1) is 0 Å². The number of carbonyl (C=O) groups is 2. The first kappa shape index (κ1) is 15.6. The van der Waals surface area contributed by atoms with Crippen LogP contribution in [0.15, 0.2) is 18.2 Å². The molecule has 1 aliphatic rings. The molecule has 21 heavy (non-hydrogen) atoms. The number of benzene rings is 1. The molecule has 5 nitrogen and oxygen atoms in total. The SMILES string of the molecule is CC(C)(C)N(CC(=O)O)C(=O)C1Cc2cc(Cl)ccc2O1. The van der Waals surface area contributed by atoms with Crippen LogP contribution in [0.4, 0.5) is 0 Å². The number of fused-ring (bicyclic) bond motifs is 1. The maximum Gasteiger partial charge on any atom is 0.323 e. The Labute approximate surface area is 128 Å². The van der Waals surface area contributed by atoms with Crippen LogP contribution in [0.1, 0.15) is 26.3 Å². The first-order valence-electron chi connectivity index (χ1n) is 6.67. The Morgan fingerprint density at radius 2 is 2.10 bits per heavy atom. The lowest BCUT2D eigenvalue weighted by Gasteiger charge is -2.35. The Bertz CT molecular complexity index is 580. The molecule has 0 spiro atoms. The van der Waals surface area contributed by atoms with E-state index in [9.17, 15) is 9.59 Å². The number of carboxylic acids is 1. The number of ether oxygens (including phenoxy) is 1. The zero-order valence-electron chi connectivity index (χ0n) is 12.2. The standard InChI is InChI=1S/C15H18ClNO4/c1-15(2,3)17(8-13(18)19)14(20)12-7-9-6-10(16)4-5-11(9)21-12/h4-6,12H,7-8H2,1-3H3,(H,18,19). The van der Waals surface area contributed by atoms with Crippen molar-refractivity contribution >= 4 is 23.5 Å². The lowest BCUT2D eigenvalue weighted by Crippen LogP contribution is -2.53. The van der Waals surface area contributed by atoms with Gasteiger partial charge in [-0.1, -0.05) is 11.6 Å². The fourth-order valence-corrected chi connectivity index (χ4v) is 2.50. The highest BCUT2D eigenvalue weighted by atomic mass is 35.5. The summed E-state index contributed by atoms with van der Waals surface area (Å²) >= 11 is 5.93. The van der Waals surface area contributed by atoms with Gasteiger partial charge in [-0.3, -0.25) is 9.59 Å². The highest BCUT2D eigenvalue weighted by molar-refractivity contribution is 6.30. The van der Waals surface area contributed by atoms with E-state index in [4.69, 9.17) is 21.4 Å². The minimum absolute atomic E-state index is 0.322. The van der Waals surface area contributed by atoms with E-state index in [0.717, 1.165) is 5.56 Å². The molecule has 0 aliphatic carbocycles. The molecule has 0 saturated carbocycles. The number of hydrogen-bond acceptors (Lipinski definition) is 3. The molecule has 1 amide bonds. The quantitative estimate of drug-likeness (QED) is 0.930. The minimum atomic E-state index is -1.04. The van der Waals surface area contributed by atoms with E-state index < -0.39 is 17.6 Å².